The summed E-state index contributed by atoms with van der Waals surface area (Å²) < 4.78 is 70.4. The van der Waals surface area contributed by atoms with Crippen LogP contribution in [0.3, 0.4) is 0 Å². The van der Waals surface area contributed by atoms with E-state index < -0.39 is 279 Å². The number of aliphatic hydroxyl groups is 20. The van der Waals surface area contributed by atoms with Crippen LogP contribution in [-0.2, 0) is 76.0 Å². The molecule has 0 spiro atoms. The summed E-state index contributed by atoms with van der Waals surface area (Å²) in [5.41, 5.74) is 0. The highest BCUT2D eigenvalue weighted by molar-refractivity contribution is 5.78. The fourth-order valence-corrected chi connectivity index (χ4v) is 15.4. The Morgan fingerprint density at radius 1 is 0.453 bits per heavy atom. The first-order valence-corrected chi connectivity index (χ1v) is 41.8. The van der Waals surface area contributed by atoms with Gasteiger partial charge < -0.3 is 180 Å². The molecule has 682 valence electrons. The largest absolute Gasteiger partial charge is 0.477 e. The van der Waals surface area contributed by atoms with Crippen LogP contribution in [0.5, 0.6) is 0 Å². The van der Waals surface area contributed by atoms with E-state index in [1.807, 2.05) is 6.08 Å². The molecule has 24 N–H and O–H groups in total. The number of ether oxygens (including phenoxy) is 12. The lowest BCUT2D eigenvalue weighted by Crippen LogP contribution is -2.71. The van der Waals surface area contributed by atoms with Crippen LogP contribution in [0.1, 0.15) is 194 Å². The van der Waals surface area contributed by atoms with E-state index in [9.17, 15) is 126 Å². The molecule has 6 saturated heterocycles. The molecule has 6 fully saturated rings. The van der Waals surface area contributed by atoms with Crippen LogP contribution in [0.25, 0.3) is 0 Å². The number of carboxylic acids is 1. The van der Waals surface area contributed by atoms with Gasteiger partial charge in [0.15, 0.2) is 31.5 Å². The van der Waals surface area contributed by atoms with Crippen molar-refractivity contribution in [2.45, 2.75) is 396 Å². The first-order chi connectivity index (χ1) is 56.0. The van der Waals surface area contributed by atoms with Crippen LogP contribution >= 0.6 is 0 Å². The van der Waals surface area contributed by atoms with Gasteiger partial charge in [-0.05, 0) is 19.3 Å². The van der Waals surface area contributed by atoms with Gasteiger partial charge in [0.25, 0.3) is 5.79 Å². The summed E-state index contributed by atoms with van der Waals surface area (Å²) >= 11 is 0. The van der Waals surface area contributed by atoms with Crippen molar-refractivity contribution in [3.8, 4) is 0 Å². The molecule has 6 heterocycles. The molecule has 0 aromatic heterocycles. The van der Waals surface area contributed by atoms with E-state index in [0.29, 0.717) is 12.8 Å². The molecule has 6 aliphatic rings. The predicted octanol–water partition coefficient (Wildman–Crippen LogP) is -5.03. The third-order valence-electron chi connectivity index (χ3n) is 22.3. The molecule has 40 nitrogen and oxygen atoms in total. The Morgan fingerprint density at radius 2 is 0.863 bits per heavy atom. The van der Waals surface area contributed by atoms with Crippen LogP contribution in [0.2, 0.25) is 0 Å². The Morgan fingerprint density at radius 3 is 1.33 bits per heavy atom. The van der Waals surface area contributed by atoms with Crippen molar-refractivity contribution < 1.29 is 183 Å². The summed E-state index contributed by atoms with van der Waals surface area (Å²) in [6, 6.07) is -4.90. The summed E-state index contributed by atoms with van der Waals surface area (Å²) in [7, 11) is 0. The molecular weight excluding hydrogens is 1560 g/mol. The lowest BCUT2D eigenvalue weighted by Gasteiger charge is -2.51. The van der Waals surface area contributed by atoms with E-state index >= 15 is 0 Å². The molecule has 0 radical (unpaired) electrons. The number of carboxylic acid groups (broad SMARTS) is 1. The number of aliphatic hydroxyl groups excluding tert-OH is 20. The van der Waals surface area contributed by atoms with Crippen molar-refractivity contribution in [2.75, 3.05) is 52.9 Å². The molecule has 33 atom stereocenters. The fraction of sp³-hybridized carbons (Fsp3) is 0.922. The highest BCUT2D eigenvalue weighted by Gasteiger charge is 2.62. The molecule has 0 aliphatic carbocycles. The average molecular weight is 1700 g/mol. The Bertz CT molecular complexity index is 2810. The van der Waals surface area contributed by atoms with Gasteiger partial charge in [-0.1, -0.05) is 167 Å². The van der Waals surface area contributed by atoms with Crippen LogP contribution in [-0.4, -0.2) is 386 Å². The van der Waals surface area contributed by atoms with Crippen molar-refractivity contribution in [2.24, 2.45) is 0 Å². The van der Waals surface area contributed by atoms with Gasteiger partial charge in [0.2, 0.25) is 17.7 Å². The molecule has 6 rings (SSSR count). The predicted molar refractivity (Wildman–Crippen MR) is 403 cm³/mol. The van der Waals surface area contributed by atoms with Crippen molar-refractivity contribution in [3.05, 3.63) is 12.2 Å². The number of carbonyl (C=O) groups is 4. The number of carbonyl (C=O) groups excluding carboxylic acids is 3. The lowest BCUT2D eigenvalue weighted by molar-refractivity contribution is -0.392. The Kier molecular flexibility index (Phi) is 46.1. The first kappa shape index (κ1) is 102. The van der Waals surface area contributed by atoms with Crippen molar-refractivity contribution in [1.82, 2.24) is 16.0 Å². The zero-order valence-corrected chi connectivity index (χ0v) is 67.3. The van der Waals surface area contributed by atoms with Gasteiger partial charge in [-0.2, -0.15) is 0 Å². The van der Waals surface area contributed by atoms with Crippen LogP contribution in [0.15, 0.2) is 12.2 Å². The highest BCUT2D eigenvalue weighted by atomic mass is 16.8. The SMILES string of the molecule is CCCCCCCCCCCCC/C=C/[C@@H](O)[C@H](CO[C@@H]1OC(CO)[C@@H](O[C@@H]2OC(CO)[C@H](O[C@@H]3OC(CO)[C@H](O)[C@H](O[C@@H]4OC(CO)[C@H](O)[C@H](O[C@@H]5OC(CO)[C@H](O)[C@H](O[C@]6(C(=O)O)CC(O)[C@@H](NC(=O)CO)C([C@H](O)[C@H](O)CO)O6)C5O)C4NC(C)=O)C3O)[C@H](O)C2O)[C@H](O)C1O)NC(=O)CCCCCCCCCCCCCCC. The maximum atomic E-state index is 13.5. The Hall–Kier alpha value is -3.66. The number of amides is 3. The van der Waals surface area contributed by atoms with Gasteiger partial charge in [0, 0.05) is 19.8 Å². The lowest BCUT2D eigenvalue weighted by atomic mass is 9.88. The van der Waals surface area contributed by atoms with Crippen molar-refractivity contribution in [1.29, 1.82) is 0 Å². The minimum absolute atomic E-state index is 0.164. The van der Waals surface area contributed by atoms with Gasteiger partial charge in [-0.15, -0.1) is 0 Å². The zero-order chi connectivity index (χ0) is 86.1. The molecule has 0 aromatic rings. The number of aliphatic carboxylic acids is 1. The second kappa shape index (κ2) is 52.8. The molecule has 40 heteroatoms. The summed E-state index contributed by atoms with van der Waals surface area (Å²) in [6.07, 6.45) is -29.9. The van der Waals surface area contributed by atoms with E-state index in [4.69, 9.17) is 56.8 Å². The second-order valence-electron chi connectivity index (χ2n) is 31.4. The van der Waals surface area contributed by atoms with E-state index in [-0.39, 0.29) is 12.3 Å². The minimum Gasteiger partial charge on any atom is -0.477 e. The summed E-state index contributed by atoms with van der Waals surface area (Å²) in [6.45, 7) is -3.01. The molecular formula is C77H137N3O37. The molecule has 12 unspecified atom stereocenters. The number of hydrogen-bond donors (Lipinski definition) is 24. The van der Waals surface area contributed by atoms with E-state index in [0.717, 1.165) is 58.3 Å². The molecule has 3 amide bonds. The number of hydrogen-bond acceptors (Lipinski definition) is 36. The quantitative estimate of drug-likeness (QED) is 0.0200. The number of rotatable bonds is 54. The van der Waals surface area contributed by atoms with Gasteiger partial charge >= 0.3 is 5.97 Å². The second-order valence-corrected chi connectivity index (χ2v) is 31.4. The smallest absolute Gasteiger partial charge is 0.364 e. The van der Waals surface area contributed by atoms with Gasteiger partial charge in [0.1, 0.15) is 147 Å². The molecule has 0 aromatic carbocycles. The third-order valence-corrected chi connectivity index (χ3v) is 22.3. The molecule has 6 aliphatic heterocycles. The monoisotopic (exact) mass is 1700 g/mol. The third kappa shape index (κ3) is 29.8. The summed E-state index contributed by atoms with van der Waals surface area (Å²) in [5, 5.41) is 240. The highest BCUT2D eigenvalue weighted by Crippen LogP contribution is 2.41. The maximum Gasteiger partial charge on any atom is 0.364 e. The number of allylic oxidation sites excluding steroid dienone is 1. The topological polar surface area (TPSA) is 640 Å². The van der Waals surface area contributed by atoms with Gasteiger partial charge in [0.05, 0.1) is 70.5 Å². The van der Waals surface area contributed by atoms with Gasteiger partial charge in [-0.25, -0.2) is 4.79 Å². The average Bonchev–Trinajstić information content (AvgIpc) is 0.750. The van der Waals surface area contributed by atoms with E-state index in [1.165, 1.54) is 96.3 Å². The van der Waals surface area contributed by atoms with Crippen molar-refractivity contribution in [3.63, 3.8) is 0 Å². The normalized spacial score (nSPS) is 36.6. The maximum absolute atomic E-state index is 13.5. The number of nitrogens with one attached hydrogen (secondary N) is 3. The van der Waals surface area contributed by atoms with E-state index in [1.54, 1.807) is 6.08 Å². The van der Waals surface area contributed by atoms with Gasteiger partial charge in [-0.3, -0.25) is 14.4 Å². The zero-order valence-electron chi connectivity index (χ0n) is 67.3. The first-order valence-electron chi connectivity index (χ1n) is 41.8. The van der Waals surface area contributed by atoms with E-state index in [2.05, 4.69) is 29.8 Å². The number of unbranched alkanes of at least 4 members (excludes halogenated alkanes) is 23. The van der Waals surface area contributed by atoms with Crippen LogP contribution in [0.4, 0.5) is 0 Å². The minimum atomic E-state index is -3.31. The Balaban J connectivity index is 1.12. The standard InChI is InChI=1S/C77H137N3O37/c1-4-6-8-10-12-14-16-18-20-22-24-26-28-30-43(89)42(79-51(92)31-29-27-25-23-21-19-17-15-13-11-9-7-5-2)40-106-72-61(100)59(98)65(49(37-85)110-72)112-73-62(101)60(99)66(50(38-86)111-73)113-74-63(102)69(57(96)47(35-83)108-74)115-71-54(78-41(3)88)67(56(95)46(34-82)107-71)114-75-64(103)70(58(97)48(36-84)109-75)117-77(76(104)105)32-44(90)53(80-52(93)39-87)68(116-77)55(94)45(91)33-81/h28,30,42-50,53-75,81-87,89-91,94-103H,4-27,29,31-40H2,1-3H3,(H,78,88)(H,79,92)(H,80,93)(H,104,105)/b30-28+/t42-,43+,44?,45+,46?,47?,48?,49?,50?,53+,54?,55+,56-,57-,58-,59+,60+,61?,62?,63?,64?,65+,66-,67+,68?,69-,70-,71-,72+,73-,74-,75-,77-/m0/s1. The summed E-state index contributed by atoms with van der Waals surface area (Å²) in [5.74, 6) is -7.98. The van der Waals surface area contributed by atoms with Crippen LogP contribution in [0, 0.1) is 0 Å². The van der Waals surface area contributed by atoms with Crippen molar-refractivity contribution >= 4 is 23.7 Å². The Labute approximate surface area is 681 Å². The summed E-state index contributed by atoms with van der Waals surface area (Å²) in [4.78, 5) is 52.1. The molecule has 117 heavy (non-hydrogen) atoms. The van der Waals surface area contributed by atoms with Crippen LogP contribution < -0.4 is 16.0 Å². The molecule has 0 bridgehead atoms. The fourth-order valence-electron chi connectivity index (χ4n) is 15.4. The molecule has 0 saturated carbocycles.